The summed E-state index contributed by atoms with van der Waals surface area (Å²) in [5, 5.41) is 5.00. The average Bonchev–Trinajstić information content (AvgIpc) is 3.20. The number of pyridine rings is 1. The topological polar surface area (TPSA) is 78.4 Å². The van der Waals surface area contributed by atoms with Crippen LogP contribution in [0.3, 0.4) is 0 Å². The number of fused-ring (bicyclic) bond motifs is 1. The summed E-state index contributed by atoms with van der Waals surface area (Å²) in [5.74, 6) is 1.30. The maximum absolute atomic E-state index is 12.8. The number of nitrogen functional groups attached to an aromatic ring is 1. The lowest BCUT2D eigenvalue weighted by Gasteiger charge is -2.34. The van der Waals surface area contributed by atoms with Crippen molar-refractivity contribution in [3.05, 3.63) is 24.0 Å². The summed E-state index contributed by atoms with van der Waals surface area (Å²) in [4.78, 5) is 6.73. The predicted octanol–water partition coefficient (Wildman–Crippen LogP) is 2.82. The molecule has 0 aromatic carbocycles. The number of anilines is 1. The van der Waals surface area contributed by atoms with Gasteiger partial charge in [-0.3, -0.25) is 9.58 Å². The second-order valence-corrected chi connectivity index (χ2v) is 9.68. The molecular weight excluding hydrogens is 404 g/mol. The maximum atomic E-state index is 12.8. The molecule has 3 saturated carbocycles. The van der Waals surface area contributed by atoms with Crippen LogP contribution in [0.5, 0.6) is 5.75 Å². The highest BCUT2D eigenvalue weighted by atomic mass is 19.3. The smallest absolute Gasteiger partial charge is 0.387 e. The standard InChI is InChI=1S/C22H25F2N5O2/c23-21(24)31-16-5-11(7-26-20(16)25)15-6-17(29(27-15)12-3-1-2-4-12)22-14-8-28(13-9-30-10-13)19(22)18(14)22/h5-7,12-14,18-19,21H,1-4,8-10H2,(H2,25,26)/t14-,18-,19?,22?/m1/s1. The number of piperidine rings is 1. The maximum Gasteiger partial charge on any atom is 0.387 e. The molecule has 2 bridgehead atoms. The number of nitrogens with two attached hydrogens (primary N) is 1. The van der Waals surface area contributed by atoms with E-state index in [9.17, 15) is 8.78 Å². The van der Waals surface area contributed by atoms with Gasteiger partial charge in [0.05, 0.1) is 31.0 Å². The SMILES string of the molecule is Nc1ncc(-c2cc(C34C5[C@H]3[C@H]4CN5C3COC3)n(C3CCCC3)n2)cc1OC(F)F. The van der Waals surface area contributed by atoms with Crippen LogP contribution in [0.15, 0.2) is 18.3 Å². The Morgan fingerprint density at radius 3 is 2.68 bits per heavy atom. The monoisotopic (exact) mass is 429 g/mol. The lowest BCUT2D eigenvalue weighted by atomic mass is 10.0. The largest absolute Gasteiger partial charge is 0.431 e. The van der Waals surface area contributed by atoms with Gasteiger partial charge < -0.3 is 15.2 Å². The Hall–Kier alpha value is -2.26. The van der Waals surface area contributed by atoms with Gasteiger partial charge in [0.15, 0.2) is 11.6 Å². The number of halogens is 2. The summed E-state index contributed by atoms with van der Waals surface area (Å²) in [6, 6.07) is 5.29. The molecule has 2 unspecified atom stereocenters. The Morgan fingerprint density at radius 2 is 2.00 bits per heavy atom. The summed E-state index contributed by atoms with van der Waals surface area (Å²) < 4.78 is 37.8. The zero-order valence-corrected chi connectivity index (χ0v) is 17.1. The predicted molar refractivity (Wildman–Crippen MR) is 108 cm³/mol. The minimum Gasteiger partial charge on any atom is -0.431 e. The molecule has 164 valence electrons. The van der Waals surface area contributed by atoms with Gasteiger partial charge >= 0.3 is 6.61 Å². The van der Waals surface area contributed by atoms with Crippen LogP contribution in [-0.2, 0) is 10.2 Å². The molecule has 2 aromatic rings. The number of alkyl halides is 2. The number of hydrogen-bond donors (Lipinski definition) is 1. The van der Waals surface area contributed by atoms with Crippen LogP contribution in [0.25, 0.3) is 11.3 Å². The van der Waals surface area contributed by atoms with Crippen LogP contribution >= 0.6 is 0 Å². The van der Waals surface area contributed by atoms with Gasteiger partial charge in [0, 0.05) is 35.5 Å². The van der Waals surface area contributed by atoms with Crippen LogP contribution < -0.4 is 10.5 Å². The number of aromatic nitrogens is 3. The first kappa shape index (κ1) is 18.3. The summed E-state index contributed by atoms with van der Waals surface area (Å²) in [6.45, 7) is -0.0860. The molecule has 6 fully saturated rings. The van der Waals surface area contributed by atoms with Crippen molar-refractivity contribution in [1.82, 2.24) is 19.7 Å². The fraction of sp³-hybridized carbons (Fsp3) is 0.636. The van der Waals surface area contributed by atoms with E-state index in [-0.39, 0.29) is 17.0 Å². The van der Waals surface area contributed by atoms with Gasteiger partial charge in [0.1, 0.15) is 0 Å². The molecule has 2 aromatic heterocycles. The highest BCUT2D eigenvalue weighted by Gasteiger charge is 2.94. The Bertz CT molecular complexity index is 1040. The van der Waals surface area contributed by atoms with Crippen molar-refractivity contribution in [3.63, 3.8) is 0 Å². The normalized spacial score (nSPS) is 34.2. The van der Waals surface area contributed by atoms with E-state index < -0.39 is 6.61 Å². The first-order chi connectivity index (χ1) is 15.1. The highest BCUT2D eigenvalue weighted by Crippen LogP contribution is 2.86. The average molecular weight is 429 g/mol. The quantitative estimate of drug-likeness (QED) is 0.761. The van der Waals surface area contributed by atoms with E-state index in [2.05, 4.69) is 25.4 Å². The minimum atomic E-state index is -2.94. The summed E-state index contributed by atoms with van der Waals surface area (Å²) >= 11 is 0. The second kappa shape index (κ2) is 6.16. The molecule has 0 amide bonds. The molecule has 2 N–H and O–H groups in total. The van der Waals surface area contributed by atoms with E-state index >= 15 is 0 Å². The molecule has 9 heteroatoms. The summed E-state index contributed by atoms with van der Waals surface area (Å²) in [5.41, 5.74) is 8.71. The van der Waals surface area contributed by atoms with Crippen molar-refractivity contribution in [1.29, 1.82) is 0 Å². The van der Waals surface area contributed by atoms with Crippen LogP contribution in [0.4, 0.5) is 14.6 Å². The van der Waals surface area contributed by atoms with E-state index in [0.717, 1.165) is 44.2 Å². The zero-order valence-electron chi connectivity index (χ0n) is 17.1. The van der Waals surface area contributed by atoms with Crippen LogP contribution in [-0.4, -0.2) is 58.1 Å². The van der Waals surface area contributed by atoms with Crippen LogP contribution in [0, 0.1) is 11.8 Å². The Balaban J connectivity index is 1.26. The molecule has 8 rings (SSSR count). The van der Waals surface area contributed by atoms with E-state index in [0.29, 0.717) is 29.6 Å². The van der Waals surface area contributed by atoms with Crippen molar-refractivity contribution in [2.24, 2.45) is 11.8 Å². The Labute approximate surface area is 178 Å². The first-order valence-electron chi connectivity index (χ1n) is 11.2. The number of ether oxygens (including phenoxy) is 2. The van der Waals surface area contributed by atoms with E-state index in [1.165, 1.54) is 24.6 Å². The first-order valence-corrected chi connectivity index (χ1v) is 11.2. The minimum absolute atomic E-state index is 0.0426. The molecule has 4 atom stereocenters. The van der Waals surface area contributed by atoms with Gasteiger partial charge in [0.25, 0.3) is 0 Å². The molecule has 5 heterocycles. The molecular formula is C22H25F2N5O2. The van der Waals surface area contributed by atoms with Crippen molar-refractivity contribution in [2.75, 3.05) is 25.5 Å². The molecule has 3 aliphatic carbocycles. The third-order valence-corrected chi connectivity index (χ3v) is 8.31. The second-order valence-electron chi connectivity index (χ2n) is 9.68. The van der Waals surface area contributed by atoms with Crippen LogP contribution in [0.1, 0.15) is 37.4 Å². The number of rotatable bonds is 6. The summed E-state index contributed by atoms with van der Waals surface area (Å²) in [7, 11) is 0. The van der Waals surface area contributed by atoms with E-state index in [4.69, 9.17) is 15.6 Å². The highest BCUT2D eigenvalue weighted by molar-refractivity contribution is 5.67. The molecule has 3 aliphatic heterocycles. The van der Waals surface area contributed by atoms with Crippen molar-refractivity contribution >= 4 is 5.82 Å². The fourth-order valence-corrected chi connectivity index (χ4v) is 6.71. The van der Waals surface area contributed by atoms with Crippen molar-refractivity contribution < 1.29 is 18.3 Å². The fourth-order valence-electron chi connectivity index (χ4n) is 6.71. The van der Waals surface area contributed by atoms with Crippen molar-refractivity contribution in [3.8, 4) is 17.0 Å². The van der Waals surface area contributed by atoms with Gasteiger partial charge in [-0.15, -0.1) is 0 Å². The zero-order chi connectivity index (χ0) is 20.9. The Morgan fingerprint density at radius 1 is 1.19 bits per heavy atom. The van der Waals surface area contributed by atoms with Crippen LogP contribution in [0.2, 0.25) is 0 Å². The number of hydrogen-bond acceptors (Lipinski definition) is 6. The van der Waals surface area contributed by atoms with E-state index in [1.54, 1.807) is 6.20 Å². The van der Waals surface area contributed by atoms with Gasteiger partial charge in [-0.1, -0.05) is 12.8 Å². The Kier molecular flexibility index (Phi) is 3.64. The van der Waals surface area contributed by atoms with Crippen molar-refractivity contribution in [2.45, 2.75) is 55.8 Å². The van der Waals surface area contributed by atoms with Gasteiger partial charge in [-0.05, 0) is 36.8 Å². The number of nitrogens with zero attached hydrogens (tertiary/aromatic N) is 4. The molecule has 31 heavy (non-hydrogen) atoms. The molecule has 7 nitrogen and oxygen atoms in total. The molecule has 0 spiro atoms. The van der Waals surface area contributed by atoms with Gasteiger partial charge in [-0.25, -0.2) is 4.98 Å². The molecule has 6 aliphatic rings. The summed E-state index contributed by atoms with van der Waals surface area (Å²) in [6.07, 6.45) is 6.34. The van der Waals surface area contributed by atoms with E-state index in [1.807, 2.05) is 0 Å². The molecule has 0 radical (unpaired) electrons. The van der Waals surface area contributed by atoms with Gasteiger partial charge in [-0.2, -0.15) is 13.9 Å². The lowest BCUT2D eigenvalue weighted by molar-refractivity contribution is -0.0601. The third-order valence-electron chi connectivity index (χ3n) is 8.31. The van der Waals surface area contributed by atoms with Gasteiger partial charge in [0.2, 0.25) is 0 Å². The lowest BCUT2D eigenvalue weighted by Crippen LogP contribution is -2.48. The third kappa shape index (κ3) is 2.39. The molecule has 3 saturated heterocycles.